The molecule has 0 aliphatic carbocycles. The second-order valence-corrected chi connectivity index (χ2v) is 3.45. The molecule has 4 nitrogen and oxygen atoms in total. The first-order valence-electron chi connectivity index (χ1n) is 4.68. The molecule has 0 aromatic carbocycles. The zero-order chi connectivity index (χ0) is 10.8. The van der Waals surface area contributed by atoms with Gasteiger partial charge in [0.05, 0.1) is 17.6 Å². The average Bonchev–Trinajstić information content (AvgIpc) is 2.23. The summed E-state index contributed by atoms with van der Waals surface area (Å²) in [6.45, 7) is 3.81. The molecular formula is C11H12N4. The molecule has 0 radical (unpaired) electrons. The van der Waals surface area contributed by atoms with Gasteiger partial charge in [-0.25, -0.2) is 9.97 Å². The van der Waals surface area contributed by atoms with E-state index in [1.165, 1.54) is 0 Å². The van der Waals surface area contributed by atoms with E-state index in [0.29, 0.717) is 5.69 Å². The molecule has 0 atom stereocenters. The summed E-state index contributed by atoms with van der Waals surface area (Å²) in [6, 6.07) is 1.93. The Kier molecular flexibility index (Phi) is 2.33. The molecule has 2 aromatic rings. The molecular weight excluding hydrogens is 188 g/mol. The molecule has 0 spiro atoms. The molecule has 4 heteroatoms. The normalized spacial score (nSPS) is 10.3. The van der Waals surface area contributed by atoms with Crippen LogP contribution in [0.4, 0.5) is 5.69 Å². The van der Waals surface area contributed by atoms with Gasteiger partial charge in [0.1, 0.15) is 5.82 Å². The number of nitrogens with zero attached hydrogens (tertiary/aromatic N) is 3. The Morgan fingerprint density at radius 3 is 2.27 bits per heavy atom. The summed E-state index contributed by atoms with van der Waals surface area (Å²) >= 11 is 0. The summed E-state index contributed by atoms with van der Waals surface area (Å²) in [5.74, 6) is 0.755. The number of hydrogen-bond acceptors (Lipinski definition) is 4. The van der Waals surface area contributed by atoms with Crippen LogP contribution in [0.1, 0.15) is 11.4 Å². The summed E-state index contributed by atoms with van der Waals surface area (Å²) in [5, 5.41) is 0. The number of rotatable bonds is 1. The molecule has 0 saturated carbocycles. The molecule has 0 aliphatic heterocycles. The first-order valence-corrected chi connectivity index (χ1v) is 4.68. The molecule has 0 bridgehead atoms. The van der Waals surface area contributed by atoms with Crippen molar-refractivity contribution < 1.29 is 0 Å². The van der Waals surface area contributed by atoms with Crippen LogP contribution in [-0.2, 0) is 0 Å². The van der Waals surface area contributed by atoms with Crippen LogP contribution in [0, 0.1) is 13.8 Å². The topological polar surface area (TPSA) is 64.7 Å². The van der Waals surface area contributed by atoms with E-state index in [0.717, 1.165) is 22.6 Å². The lowest BCUT2D eigenvalue weighted by Crippen LogP contribution is -1.94. The fourth-order valence-electron chi connectivity index (χ4n) is 1.25. The second-order valence-electron chi connectivity index (χ2n) is 3.45. The number of nitrogen functional groups attached to an aromatic ring is 1. The van der Waals surface area contributed by atoms with Crippen LogP contribution in [0.2, 0.25) is 0 Å². The number of aryl methyl sites for hydroxylation is 2. The third kappa shape index (κ3) is 1.93. The summed E-state index contributed by atoms with van der Waals surface area (Å²) in [6.07, 6.45) is 5.19. The van der Waals surface area contributed by atoms with E-state index in [-0.39, 0.29) is 0 Å². The van der Waals surface area contributed by atoms with Crippen molar-refractivity contribution in [2.75, 3.05) is 5.73 Å². The molecule has 2 heterocycles. The van der Waals surface area contributed by atoms with Crippen LogP contribution in [0.25, 0.3) is 11.3 Å². The third-order valence-corrected chi connectivity index (χ3v) is 2.23. The SMILES string of the molecule is Cc1ncc(-c2cc(C)c(N)cn2)cn1. The van der Waals surface area contributed by atoms with Gasteiger partial charge in [0.25, 0.3) is 0 Å². The molecule has 0 unspecified atom stereocenters. The minimum atomic E-state index is 0.701. The lowest BCUT2D eigenvalue weighted by atomic mass is 10.1. The van der Waals surface area contributed by atoms with E-state index in [2.05, 4.69) is 15.0 Å². The largest absolute Gasteiger partial charge is 0.397 e. The number of pyridine rings is 1. The highest BCUT2D eigenvalue weighted by Crippen LogP contribution is 2.18. The molecule has 2 N–H and O–H groups in total. The van der Waals surface area contributed by atoms with E-state index < -0.39 is 0 Å². The van der Waals surface area contributed by atoms with E-state index in [1.807, 2.05) is 19.9 Å². The first kappa shape index (κ1) is 9.58. The molecule has 0 fully saturated rings. The van der Waals surface area contributed by atoms with Crippen LogP contribution in [0.5, 0.6) is 0 Å². The van der Waals surface area contributed by atoms with Gasteiger partial charge in [0.2, 0.25) is 0 Å². The minimum Gasteiger partial charge on any atom is -0.397 e. The molecule has 0 saturated heterocycles. The van der Waals surface area contributed by atoms with E-state index in [1.54, 1.807) is 18.6 Å². The van der Waals surface area contributed by atoms with Gasteiger partial charge in [-0.1, -0.05) is 0 Å². The summed E-state index contributed by atoms with van der Waals surface area (Å²) in [7, 11) is 0. The Bertz CT molecular complexity index is 476. The van der Waals surface area contributed by atoms with Crippen molar-refractivity contribution in [2.24, 2.45) is 0 Å². The van der Waals surface area contributed by atoms with Crippen molar-refractivity contribution in [3.63, 3.8) is 0 Å². The highest BCUT2D eigenvalue weighted by atomic mass is 14.9. The summed E-state index contributed by atoms with van der Waals surface area (Å²) in [4.78, 5) is 12.5. The monoisotopic (exact) mass is 200 g/mol. The first-order chi connectivity index (χ1) is 7.16. The van der Waals surface area contributed by atoms with Gasteiger partial charge in [-0.2, -0.15) is 0 Å². The second kappa shape index (κ2) is 3.65. The smallest absolute Gasteiger partial charge is 0.125 e. The van der Waals surface area contributed by atoms with Gasteiger partial charge in [0.15, 0.2) is 0 Å². The Hall–Kier alpha value is -1.97. The third-order valence-electron chi connectivity index (χ3n) is 2.23. The molecule has 0 amide bonds. The van der Waals surface area contributed by atoms with Gasteiger partial charge in [-0.05, 0) is 25.5 Å². The van der Waals surface area contributed by atoms with Crippen LogP contribution in [-0.4, -0.2) is 15.0 Å². The van der Waals surface area contributed by atoms with Crippen LogP contribution in [0.15, 0.2) is 24.7 Å². The summed E-state index contributed by atoms with van der Waals surface area (Å²) < 4.78 is 0. The highest BCUT2D eigenvalue weighted by molar-refractivity contribution is 5.61. The predicted octanol–water partition coefficient (Wildman–Crippen LogP) is 1.74. The number of anilines is 1. The zero-order valence-electron chi connectivity index (χ0n) is 8.73. The van der Waals surface area contributed by atoms with Crippen molar-refractivity contribution in [2.45, 2.75) is 13.8 Å². The number of aromatic nitrogens is 3. The predicted molar refractivity (Wildman–Crippen MR) is 59.1 cm³/mol. The quantitative estimate of drug-likeness (QED) is 0.761. The van der Waals surface area contributed by atoms with Gasteiger partial charge in [0, 0.05) is 18.0 Å². The Balaban J connectivity index is 2.45. The molecule has 2 aromatic heterocycles. The zero-order valence-corrected chi connectivity index (χ0v) is 8.73. The molecule has 76 valence electrons. The fraction of sp³-hybridized carbons (Fsp3) is 0.182. The standard InChI is InChI=1S/C11H12N4/c1-7-3-11(15-6-10(7)12)9-4-13-8(2)14-5-9/h3-6H,12H2,1-2H3. The van der Waals surface area contributed by atoms with Gasteiger partial charge in [-0.15, -0.1) is 0 Å². The van der Waals surface area contributed by atoms with Crippen molar-refractivity contribution in [1.82, 2.24) is 15.0 Å². The van der Waals surface area contributed by atoms with Crippen molar-refractivity contribution in [1.29, 1.82) is 0 Å². The van der Waals surface area contributed by atoms with Crippen molar-refractivity contribution in [3.05, 3.63) is 36.0 Å². The van der Waals surface area contributed by atoms with Gasteiger partial charge in [-0.3, -0.25) is 4.98 Å². The lowest BCUT2D eigenvalue weighted by Gasteiger charge is -2.03. The Labute approximate surface area is 88.2 Å². The molecule has 2 rings (SSSR count). The molecule has 0 aliphatic rings. The van der Waals surface area contributed by atoms with E-state index in [4.69, 9.17) is 5.73 Å². The highest BCUT2D eigenvalue weighted by Gasteiger charge is 2.02. The Morgan fingerprint density at radius 2 is 1.67 bits per heavy atom. The maximum absolute atomic E-state index is 5.70. The fourth-order valence-corrected chi connectivity index (χ4v) is 1.25. The van der Waals surface area contributed by atoms with E-state index >= 15 is 0 Å². The maximum Gasteiger partial charge on any atom is 0.125 e. The molecule has 15 heavy (non-hydrogen) atoms. The van der Waals surface area contributed by atoms with E-state index in [9.17, 15) is 0 Å². The van der Waals surface area contributed by atoms with Crippen molar-refractivity contribution in [3.8, 4) is 11.3 Å². The van der Waals surface area contributed by atoms with Crippen molar-refractivity contribution >= 4 is 5.69 Å². The van der Waals surface area contributed by atoms with Crippen LogP contribution < -0.4 is 5.73 Å². The van der Waals surface area contributed by atoms with Gasteiger partial charge >= 0.3 is 0 Å². The Morgan fingerprint density at radius 1 is 1.00 bits per heavy atom. The average molecular weight is 200 g/mol. The van der Waals surface area contributed by atoms with Crippen LogP contribution in [0.3, 0.4) is 0 Å². The van der Waals surface area contributed by atoms with Gasteiger partial charge < -0.3 is 5.73 Å². The summed E-state index contributed by atoms with van der Waals surface area (Å²) in [5.41, 5.74) is 9.17. The number of nitrogens with two attached hydrogens (primary N) is 1. The van der Waals surface area contributed by atoms with Crippen LogP contribution >= 0.6 is 0 Å². The number of hydrogen-bond donors (Lipinski definition) is 1. The maximum atomic E-state index is 5.70. The minimum absolute atomic E-state index is 0.701. The lowest BCUT2D eigenvalue weighted by molar-refractivity contribution is 1.05.